The van der Waals surface area contributed by atoms with Gasteiger partial charge in [0.05, 0.1) is 14.2 Å². The fourth-order valence-corrected chi connectivity index (χ4v) is 3.25. The van der Waals surface area contributed by atoms with Crippen LogP contribution in [0.5, 0.6) is 11.5 Å². The van der Waals surface area contributed by atoms with Crippen molar-refractivity contribution in [1.82, 2.24) is 0 Å². The lowest BCUT2D eigenvalue weighted by Gasteiger charge is -2.18. The van der Waals surface area contributed by atoms with Crippen molar-refractivity contribution in [1.29, 1.82) is 0 Å². The molecule has 1 unspecified atom stereocenters. The molecule has 0 spiro atoms. The largest absolute Gasteiger partial charge is 0.496 e. The molecule has 3 aromatic carbocycles. The summed E-state index contributed by atoms with van der Waals surface area (Å²) in [6.45, 7) is 0. The Kier molecular flexibility index (Phi) is 4.55. The smallest absolute Gasteiger partial charge is 0.134 e. The van der Waals surface area contributed by atoms with Crippen LogP contribution in [0.4, 0.5) is 0 Å². The molecule has 3 nitrogen and oxygen atoms in total. The molecule has 0 aliphatic heterocycles. The molecule has 23 heavy (non-hydrogen) atoms. The minimum atomic E-state index is -0.749. The van der Waals surface area contributed by atoms with Gasteiger partial charge in [0.25, 0.3) is 0 Å². The molecule has 0 heterocycles. The molecule has 0 bridgehead atoms. The normalized spacial score (nSPS) is 12.2. The van der Waals surface area contributed by atoms with E-state index in [0.717, 1.165) is 39.0 Å². The summed E-state index contributed by atoms with van der Waals surface area (Å²) in [6, 6.07) is 17.6. The van der Waals surface area contributed by atoms with Crippen LogP contribution in [-0.2, 0) is 0 Å². The van der Waals surface area contributed by atoms with E-state index in [9.17, 15) is 5.11 Å². The Morgan fingerprint density at radius 2 is 1.52 bits per heavy atom. The molecule has 1 N–H and O–H groups in total. The maximum absolute atomic E-state index is 10.0. The minimum absolute atomic E-state index is 0.749. The fourth-order valence-electron chi connectivity index (χ4n) is 2.85. The summed E-state index contributed by atoms with van der Waals surface area (Å²) in [5, 5.41) is 11.2. The Morgan fingerprint density at radius 3 is 2.17 bits per heavy atom. The van der Waals surface area contributed by atoms with Gasteiger partial charge in [0.15, 0.2) is 0 Å². The van der Waals surface area contributed by atoms with E-state index in [1.165, 1.54) is 0 Å². The summed E-state index contributed by atoms with van der Waals surface area (Å²) in [5.74, 6) is 1.54. The van der Waals surface area contributed by atoms with Gasteiger partial charge in [-0.1, -0.05) is 64.5 Å². The monoisotopic (exact) mass is 372 g/mol. The number of alkyl halides is 1. The predicted molar refractivity (Wildman–Crippen MR) is 96.4 cm³/mol. The number of halogens is 1. The lowest BCUT2D eigenvalue weighted by Crippen LogP contribution is -1.97. The van der Waals surface area contributed by atoms with E-state index in [4.69, 9.17) is 9.47 Å². The predicted octanol–water partition coefficient (Wildman–Crippen LogP) is 4.91. The summed E-state index contributed by atoms with van der Waals surface area (Å²) >= 11 is 3.25. The minimum Gasteiger partial charge on any atom is -0.496 e. The van der Waals surface area contributed by atoms with E-state index < -0.39 is 5.01 Å². The van der Waals surface area contributed by atoms with Gasteiger partial charge >= 0.3 is 0 Å². The molecule has 0 aliphatic carbocycles. The Hall–Kier alpha value is -2.04. The molecule has 1 atom stereocenters. The number of ether oxygens (including phenoxy) is 2. The van der Waals surface area contributed by atoms with E-state index in [1.54, 1.807) is 14.2 Å². The maximum atomic E-state index is 10.0. The van der Waals surface area contributed by atoms with Crippen molar-refractivity contribution >= 4 is 26.7 Å². The first kappa shape index (κ1) is 15.8. The maximum Gasteiger partial charge on any atom is 0.134 e. The zero-order chi connectivity index (χ0) is 16.4. The fraction of sp³-hybridized carbons (Fsp3) is 0.158. The lowest BCUT2D eigenvalue weighted by atomic mass is 9.95. The molecule has 0 amide bonds. The van der Waals surface area contributed by atoms with Gasteiger partial charge in [-0.15, -0.1) is 0 Å². The van der Waals surface area contributed by atoms with Gasteiger partial charge in [-0.25, -0.2) is 0 Å². The molecule has 118 valence electrons. The first-order valence-electron chi connectivity index (χ1n) is 7.22. The number of hydrogen-bond acceptors (Lipinski definition) is 3. The number of fused-ring (bicyclic) bond motifs is 1. The van der Waals surface area contributed by atoms with Gasteiger partial charge < -0.3 is 14.6 Å². The number of aliphatic hydroxyl groups excluding tert-OH is 1. The van der Waals surface area contributed by atoms with E-state index in [2.05, 4.69) is 15.9 Å². The van der Waals surface area contributed by atoms with Crippen molar-refractivity contribution in [3.8, 4) is 22.6 Å². The summed E-state index contributed by atoms with van der Waals surface area (Å²) in [7, 11) is 3.31. The topological polar surface area (TPSA) is 38.7 Å². The number of methoxy groups -OCH3 is 2. The molecular weight excluding hydrogens is 356 g/mol. The van der Waals surface area contributed by atoms with Crippen molar-refractivity contribution < 1.29 is 14.6 Å². The van der Waals surface area contributed by atoms with Crippen LogP contribution in [0.25, 0.3) is 21.9 Å². The third-order valence-electron chi connectivity index (χ3n) is 3.89. The van der Waals surface area contributed by atoms with E-state index in [0.29, 0.717) is 0 Å². The van der Waals surface area contributed by atoms with E-state index in [1.807, 2.05) is 54.6 Å². The average Bonchev–Trinajstić information content (AvgIpc) is 2.60. The second-order valence-electron chi connectivity index (χ2n) is 5.13. The summed E-state index contributed by atoms with van der Waals surface area (Å²) in [5.41, 5.74) is 2.57. The van der Waals surface area contributed by atoms with Crippen LogP contribution in [0, 0.1) is 0 Å². The second kappa shape index (κ2) is 6.60. The highest BCUT2D eigenvalue weighted by Crippen LogP contribution is 2.44. The second-order valence-corrected chi connectivity index (χ2v) is 6.00. The summed E-state index contributed by atoms with van der Waals surface area (Å²) in [4.78, 5) is 0. The SMILES string of the molecule is COc1cc(-c2ccccc2C(O)Br)c(OC)c2ccccc12. The van der Waals surface area contributed by atoms with Gasteiger partial charge in [0.1, 0.15) is 16.5 Å². The molecule has 0 saturated heterocycles. The van der Waals surface area contributed by atoms with Crippen molar-refractivity contribution in [2.24, 2.45) is 0 Å². The van der Waals surface area contributed by atoms with Crippen LogP contribution in [0.3, 0.4) is 0 Å². The number of benzene rings is 3. The number of aliphatic hydroxyl groups is 1. The highest BCUT2D eigenvalue weighted by atomic mass is 79.9. The molecule has 3 aromatic rings. The van der Waals surface area contributed by atoms with Crippen molar-refractivity contribution in [2.45, 2.75) is 5.01 Å². The van der Waals surface area contributed by atoms with Crippen LogP contribution in [0.1, 0.15) is 10.6 Å². The van der Waals surface area contributed by atoms with Crippen LogP contribution < -0.4 is 9.47 Å². The Balaban J connectivity index is 2.38. The molecule has 0 aliphatic rings. The Labute approximate surface area is 143 Å². The molecular formula is C19H17BrO3. The van der Waals surface area contributed by atoms with Crippen molar-refractivity contribution in [3.63, 3.8) is 0 Å². The van der Waals surface area contributed by atoms with Crippen molar-refractivity contribution in [2.75, 3.05) is 14.2 Å². The highest BCUT2D eigenvalue weighted by molar-refractivity contribution is 9.09. The lowest BCUT2D eigenvalue weighted by molar-refractivity contribution is 0.277. The third-order valence-corrected chi connectivity index (χ3v) is 4.38. The third kappa shape index (κ3) is 2.80. The van der Waals surface area contributed by atoms with E-state index >= 15 is 0 Å². The van der Waals surface area contributed by atoms with Crippen LogP contribution in [0.2, 0.25) is 0 Å². The molecule has 0 radical (unpaired) electrons. The van der Waals surface area contributed by atoms with Gasteiger partial charge in [-0.05, 0) is 17.2 Å². The summed E-state index contributed by atoms with van der Waals surface area (Å²) in [6.07, 6.45) is 0. The highest BCUT2D eigenvalue weighted by Gasteiger charge is 2.18. The van der Waals surface area contributed by atoms with Crippen LogP contribution in [-0.4, -0.2) is 19.3 Å². The zero-order valence-electron chi connectivity index (χ0n) is 12.9. The van der Waals surface area contributed by atoms with E-state index in [-0.39, 0.29) is 0 Å². The Morgan fingerprint density at radius 1 is 0.870 bits per heavy atom. The molecule has 0 saturated carbocycles. The molecule has 0 aromatic heterocycles. The van der Waals surface area contributed by atoms with Gasteiger partial charge in [-0.2, -0.15) is 0 Å². The number of hydrogen-bond donors (Lipinski definition) is 1. The molecule has 0 fully saturated rings. The standard InChI is InChI=1S/C19H17BrO3/c1-22-17-11-16(12-7-3-6-10-15(12)19(20)21)18(23-2)14-9-5-4-8-13(14)17/h3-11,19,21H,1-2H3. The van der Waals surface area contributed by atoms with Gasteiger partial charge in [-0.3, -0.25) is 0 Å². The van der Waals surface area contributed by atoms with Gasteiger partial charge in [0, 0.05) is 16.3 Å². The van der Waals surface area contributed by atoms with Crippen LogP contribution in [0.15, 0.2) is 54.6 Å². The molecule has 4 heteroatoms. The molecule has 3 rings (SSSR count). The van der Waals surface area contributed by atoms with Crippen LogP contribution >= 0.6 is 15.9 Å². The van der Waals surface area contributed by atoms with Gasteiger partial charge in [0.2, 0.25) is 0 Å². The Bertz CT molecular complexity index is 843. The zero-order valence-corrected chi connectivity index (χ0v) is 14.5. The number of rotatable bonds is 4. The first-order valence-corrected chi connectivity index (χ1v) is 8.14. The van der Waals surface area contributed by atoms with Crippen molar-refractivity contribution in [3.05, 3.63) is 60.2 Å². The summed E-state index contributed by atoms with van der Waals surface area (Å²) < 4.78 is 11.3. The average molecular weight is 373 g/mol. The first-order chi connectivity index (χ1) is 11.2. The quantitative estimate of drug-likeness (QED) is 0.661.